The molecule has 0 bridgehead atoms. The van der Waals surface area contributed by atoms with Gasteiger partial charge in [-0.1, -0.05) is 0 Å². The zero-order valence-electron chi connectivity index (χ0n) is 13.8. The Morgan fingerprint density at radius 3 is 2.28 bits per heavy atom. The van der Waals surface area contributed by atoms with Crippen LogP contribution >= 0.6 is 23.5 Å². The topological polar surface area (TPSA) is 283 Å². The number of nitrogen functional groups attached to an aromatic ring is 1. The second-order valence-corrected chi connectivity index (χ2v) is 9.76. The average Bonchev–Trinajstić information content (AvgIpc) is 2.78. The quantitative estimate of drug-likeness (QED) is 0.183. The number of nitrogens with two attached hydrogens (primary N) is 1. The van der Waals surface area contributed by atoms with Gasteiger partial charge in [-0.05, 0) is 0 Å². The van der Waals surface area contributed by atoms with Crippen LogP contribution in [0.25, 0.3) is 0 Å². The minimum Gasteiger partial charge on any atom is -0.387 e. The van der Waals surface area contributed by atoms with Crippen LogP contribution in [0.5, 0.6) is 0 Å². The van der Waals surface area contributed by atoms with E-state index < -0.39 is 60.3 Å². The van der Waals surface area contributed by atoms with Crippen molar-refractivity contribution in [3.05, 3.63) is 16.7 Å². The number of anilines is 1. The summed E-state index contributed by atoms with van der Waals surface area (Å²) in [6.45, 7) is -1.05. The molecule has 6 atom stereocenters. The van der Waals surface area contributed by atoms with Crippen LogP contribution in [0, 0.1) is 0 Å². The van der Waals surface area contributed by atoms with Crippen LogP contribution in [0.15, 0.2) is 11.0 Å². The number of phosphoric ester groups is 1. The molecule has 1 saturated heterocycles. The Morgan fingerprint density at radius 2 is 1.72 bits per heavy atom. The van der Waals surface area contributed by atoms with Gasteiger partial charge in [-0.3, -0.25) is 4.52 Å². The van der Waals surface area contributed by atoms with E-state index in [1.54, 1.807) is 0 Å². The van der Waals surface area contributed by atoms with Crippen LogP contribution in [-0.4, -0.2) is 69.5 Å². The van der Waals surface area contributed by atoms with Crippen LogP contribution in [0.1, 0.15) is 6.23 Å². The van der Waals surface area contributed by atoms with Gasteiger partial charge in [0.05, 0.1) is 12.8 Å². The minimum absolute atomic E-state index is 0.233. The highest BCUT2D eigenvalue weighted by molar-refractivity contribution is 7.66. The van der Waals surface area contributed by atoms with Gasteiger partial charge in [0.25, 0.3) is 0 Å². The standard InChI is InChI=1S/C8H15N4O14P3/c9-4-1-10-12(8(15)11-4)7-6(14)5(13)3(24-7)2-23-28(19,20)26-29(21,22)25-27(16,17)18/h1,3,5-7,13-14H,2H2,(H,19,20)(H,21,22)(H2,9,11,15)(H2,16,17,18). The normalized spacial score (nSPS) is 29.3. The molecule has 0 spiro atoms. The van der Waals surface area contributed by atoms with Gasteiger partial charge >= 0.3 is 29.2 Å². The van der Waals surface area contributed by atoms with Gasteiger partial charge in [0.15, 0.2) is 6.23 Å². The van der Waals surface area contributed by atoms with Crippen molar-refractivity contribution in [2.75, 3.05) is 12.3 Å². The number of phosphoric acid groups is 3. The van der Waals surface area contributed by atoms with E-state index in [4.69, 9.17) is 25.2 Å². The summed E-state index contributed by atoms with van der Waals surface area (Å²) >= 11 is 0. The summed E-state index contributed by atoms with van der Waals surface area (Å²) in [6.07, 6.45) is -5.80. The van der Waals surface area contributed by atoms with E-state index in [-0.39, 0.29) is 5.82 Å². The second kappa shape index (κ2) is 8.56. The molecule has 8 N–H and O–H groups in total. The fourth-order valence-corrected chi connectivity index (χ4v) is 5.11. The van der Waals surface area contributed by atoms with E-state index in [9.17, 15) is 33.6 Å². The zero-order valence-corrected chi connectivity index (χ0v) is 16.5. The molecule has 1 aromatic rings. The van der Waals surface area contributed by atoms with E-state index >= 15 is 0 Å². The van der Waals surface area contributed by atoms with Gasteiger partial charge in [0.2, 0.25) is 0 Å². The highest BCUT2D eigenvalue weighted by Gasteiger charge is 2.47. The molecule has 21 heteroatoms. The molecule has 2 heterocycles. The first-order valence-corrected chi connectivity index (χ1v) is 11.6. The summed E-state index contributed by atoms with van der Waals surface area (Å²) in [5, 5.41) is 23.5. The van der Waals surface area contributed by atoms with Gasteiger partial charge in [0, 0.05) is 0 Å². The fraction of sp³-hybridized carbons (Fsp3) is 0.625. The van der Waals surface area contributed by atoms with Gasteiger partial charge in [0.1, 0.15) is 24.1 Å². The van der Waals surface area contributed by atoms with E-state index in [2.05, 4.69) is 23.2 Å². The lowest BCUT2D eigenvalue weighted by Crippen LogP contribution is -2.37. The third kappa shape index (κ3) is 6.70. The van der Waals surface area contributed by atoms with Crippen LogP contribution < -0.4 is 11.4 Å². The van der Waals surface area contributed by atoms with Crippen molar-refractivity contribution in [1.82, 2.24) is 14.8 Å². The minimum atomic E-state index is -5.72. The monoisotopic (exact) mass is 484 g/mol. The zero-order chi connectivity index (χ0) is 22.2. The molecule has 1 aliphatic rings. The number of aliphatic hydroxyl groups is 2. The number of nitrogens with zero attached hydrogens (tertiary/aromatic N) is 3. The summed E-state index contributed by atoms with van der Waals surface area (Å²) < 4.78 is 50.4. The summed E-state index contributed by atoms with van der Waals surface area (Å²) in [5.74, 6) is -0.233. The summed E-state index contributed by atoms with van der Waals surface area (Å²) in [7, 11) is -16.8. The van der Waals surface area contributed by atoms with E-state index in [1.807, 2.05) is 0 Å². The Hall–Kier alpha value is -1.10. The maximum atomic E-state index is 11.7. The van der Waals surface area contributed by atoms with Crippen molar-refractivity contribution in [3.63, 3.8) is 0 Å². The number of rotatable bonds is 8. The summed E-state index contributed by atoms with van der Waals surface area (Å²) in [4.78, 5) is 50.3. The first-order chi connectivity index (χ1) is 13.1. The van der Waals surface area contributed by atoms with Crippen molar-refractivity contribution in [2.45, 2.75) is 24.5 Å². The molecular formula is C8H15N4O14P3. The van der Waals surface area contributed by atoms with Gasteiger partial charge in [-0.25, -0.2) is 18.5 Å². The molecule has 18 nitrogen and oxygen atoms in total. The van der Waals surface area contributed by atoms with Crippen molar-refractivity contribution in [2.24, 2.45) is 0 Å². The number of hydrogen-bond acceptors (Lipinski definition) is 13. The van der Waals surface area contributed by atoms with E-state index in [0.29, 0.717) is 4.68 Å². The van der Waals surface area contributed by atoms with Crippen molar-refractivity contribution < 1.29 is 61.4 Å². The van der Waals surface area contributed by atoms with Gasteiger partial charge in [-0.15, -0.1) is 0 Å². The number of ether oxygens (including phenoxy) is 1. The molecule has 0 aliphatic carbocycles. The Kier molecular flexibility index (Phi) is 7.14. The summed E-state index contributed by atoms with van der Waals surface area (Å²) in [6, 6.07) is 0. The fourth-order valence-electron chi connectivity index (χ4n) is 2.08. The first kappa shape index (κ1) is 24.2. The molecule has 0 saturated carbocycles. The second-order valence-electron chi connectivity index (χ2n) is 5.34. The molecule has 29 heavy (non-hydrogen) atoms. The smallest absolute Gasteiger partial charge is 0.387 e. The molecule has 6 unspecified atom stereocenters. The van der Waals surface area contributed by atoms with Crippen molar-refractivity contribution >= 4 is 29.3 Å². The molecule has 0 radical (unpaired) electrons. The molecule has 2 rings (SSSR count). The number of aromatic nitrogens is 3. The first-order valence-electron chi connectivity index (χ1n) is 7.11. The maximum absolute atomic E-state index is 11.7. The predicted octanol–water partition coefficient (Wildman–Crippen LogP) is -2.82. The Morgan fingerprint density at radius 1 is 1.10 bits per heavy atom. The third-order valence-electron chi connectivity index (χ3n) is 3.13. The molecular weight excluding hydrogens is 469 g/mol. The van der Waals surface area contributed by atoms with Crippen molar-refractivity contribution in [1.29, 1.82) is 0 Å². The molecule has 1 aromatic heterocycles. The van der Waals surface area contributed by atoms with Crippen LogP contribution in [-0.2, 0) is 31.6 Å². The Labute approximate surface area is 159 Å². The lowest BCUT2D eigenvalue weighted by atomic mass is 10.1. The molecule has 1 fully saturated rings. The molecule has 0 aromatic carbocycles. The SMILES string of the molecule is Nc1cnn(C2OC(COP(=O)(O)OP(=O)(O)OP(=O)(O)O)C(O)C2O)c(=O)n1. The largest absolute Gasteiger partial charge is 0.490 e. The van der Waals surface area contributed by atoms with E-state index in [1.165, 1.54) is 0 Å². The van der Waals surface area contributed by atoms with Crippen LogP contribution in [0.2, 0.25) is 0 Å². The third-order valence-corrected chi connectivity index (χ3v) is 6.93. The number of aliphatic hydroxyl groups excluding tert-OH is 2. The number of hydrogen-bond donors (Lipinski definition) is 7. The van der Waals surface area contributed by atoms with Gasteiger partial charge in [-0.2, -0.15) is 23.4 Å². The summed E-state index contributed by atoms with van der Waals surface area (Å²) in [5.41, 5.74) is 4.22. The average molecular weight is 484 g/mol. The molecule has 0 amide bonds. The molecule has 1 aliphatic heterocycles. The van der Waals surface area contributed by atoms with Gasteiger partial charge < -0.3 is 40.3 Å². The highest BCUT2D eigenvalue weighted by atomic mass is 31.3. The lowest BCUT2D eigenvalue weighted by molar-refractivity contribution is -0.0608. The maximum Gasteiger partial charge on any atom is 0.490 e. The van der Waals surface area contributed by atoms with Crippen molar-refractivity contribution in [3.8, 4) is 0 Å². The van der Waals surface area contributed by atoms with Crippen LogP contribution in [0.3, 0.4) is 0 Å². The van der Waals surface area contributed by atoms with E-state index in [0.717, 1.165) is 6.20 Å². The Bertz CT molecular complexity index is 947. The Balaban J connectivity index is 2.05. The lowest BCUT2D eigenvalue weighted by Gasteiger charge is -2.19. The predicted molar refractivity (Wildman–Crippen MR) is 86.4 cm³/mol. The molecule has 166 valence electrons. The van der Waals surface area contributed by atoms with Crippen LogP contribution in [0.4, 0.5) is 5.82 Å². The highest BCUT2D eigenvalue weighted by Crippen LogP contribution is 2.66.